The molecule has 1 aliphatic rings. The normalized spacial score (nSPS) is 34.8. The smallest absolute Gasteiger partial charge is 0.0851 e. The number of hydrogen-bond acceptors (Lipinski definition) is 1. The lowest BCUT2D eigenvalue weighted by Crippen LogP contribution is -2.19. The van der Waals surface area contributed by atoms with Crippen LogP contribution in [0.3, 0.4) is 0 Å². The Kier molecular flexibility index (Phi) is 1.83. The van der Waals surface area contributed by atoms with Crippen LogP contribution in [-0.4, -0.2) is 12.2 Å². The van der Waals surface area contributed by atoms with Crippen molar-refractivity contribution in [3.8, 4) is 0 Å². The van der Waals surface area contributed by atoms with E-state index in [1.165, 1.54) is 0 Å². The van der Waals surface area contributed by atoms with Gasteiger partial charge >= 0.3 is 0 Å². The highest BCUT2D eigenvalue weighted by atomic mass is 35.5. The van der Waals surface area contributed by atoms with Gasteiger partial charge in [0.05, 0.1) is 12.2 Å². The first-order valence-electron chi connectivity index (χ1n) is 3.17. The Morgan fingerprint density at radius 1 is 1.89 bits per heavy atom. The second kappa shape index (κ2) is 2.31. The molecule has 0 aliphatic carbocycles. The number of hydrogen-bond donors (Lipinski definition) is 0. The average molecular weight is 147 g/mol. The molecule has 0 N–H and O–H groups in total. The van der Waals surface area contributed by atoms with E-state index in [9.17, 15) is 0 Å². The zero-order chi connectivity index (χ0) is 6.91. The standard InChI is InChI=1S/C7H11ClO/c1-3-7(2)4-6(8)5-9-7/h4H,3,5H2,1-2H3. The molecule has 0 saturated heterocycles. The average Bonchev–Trinajstić information content (AvgIpc) is 2.13. The molecule has 0 amide bonds. The highest BCUT2D eigenvalue weighted by Crippen LogP contribution is 2.27. The number of halogens is 1. The van der Waals surface area contributed by atoms with Gasteiger partial charge in [-0.25, -0.2) is 0 Å². The van der Waals surface area contributed by atoms with Crippen LogP contribution in [0, 0.1) is 0 Å². The number of ether oxygens (including phenoxy) is 1. The van der Waals surface area contributed by atoms with E-state index in [-0.39, 0.29) is 5.60 Å². The summed E-state index contributed by atoms with van der Waals surface area (Å²) in [6, 6.07) is 0. The fourth-order valence-electron chi connectivity index (χ4n) is 0.853. The van der Waals surface area contributed by atoms with Crippen LogP contribution < -0.4 is 0 Å². The van der Waals surface area contributed by atoms with E-state index < -0.39 is 0 Å². The third-order valence-electron chi connectivity index (χ3n) is 1.70. The monoisotopic (exact) mass is 146 g/mol. The van der Waals surface area contributed by atoms with E-state index in [4.69, 9.17) is 16.3 Å². The molecule has 2 heteroatoms. The van der Waals surface area contributed by atoms with Gasteiger partial charge in [-0.15, -0.1) is 0 Å². The van der Waals surface area contributed by atoms with Gasteiger partial charge in [0, 0.05) is 5.03 Å². The maximum atomic E-state index is 5.71. The third kappa shape index (κ3) is 1.46. The fourth-order valence-corrected chi connectivity index (χ4v) is 1.14. The fraction of sp³-hybridized carbons (Fsp3) is 0.714. The molecule has 0 spiro atoms. The molecule has 1 heterocycles. The van der Waals surface area contributed by atoms with Crippen molar-refractivity contribution in [1.82, 2.24) is 0 Å². The van der Waals surface area contributed by atoms with E-state index >= 15 is 0 Å². The second-order valence-electron chi connectivity index (χ2n) is 2.55. The Morgan fingerprint density at radius 2 is 2.56 bits per heavy atom. The first-order valence-corrected chi connectivity index (χ1v) is 3.55. The van der Waals surface area contributed by atoms with E-state index in [0.29, 0.717) is 6.61 Å². The molecule has 0 saturated carbocycles. The van der Waals surface area contributed by atoms with Crippen molar-refractivity contribution in [2.24, 2.45) is 0 Å². The van der Waals surface area contributed by atoms with Gasteiger partial charge < -0.3 is 4.74 Å². The Morgan fingerprint density at radius 3 is 2.78 bits per heavy atom. The summed E-state index contributed by atoms with van der Waals surface area (Å²) in [4.78, 5) is 0. The zero-order valence-electron chi connectivity index (χ0n) is 5.78. The zero-order valence-corrected chi connectivity index (χ0v) is 6.53. The Hall–Kier alpha value is -0.0100. The van der Waals surface area contributed by atoms with Gasteiger partial charge in [0.15, 0.2) is 0 Å². The molecule has 1 atom stereocenters. The van der Waals surface area contributed by atoms with Gasteiger partial charge in [0.2, 0.25) is 0 Å². The van der Waals surface area contributed by atoms with Gasteiger partial charge in [0.1, 0.15) is 0 Å². The van der Waals surface area contributed by atoms with E-state index in [0.717, 1.165) is 11.5 Å². The van der Waals surface area contributed by atoms with Crippen LogP contribution in [0.1, 0.15) is 20.3 Å². The SMILES string of the molecule is CCC1(C)C=C(Cl)CO1. The molecule has 0 radical (unpaired) electrons. The Balaban J connectivity index is 2.64. The van der Waals surface area contributed by atoms with Crippen LogP contribution in [0.2, 0.25) is 0 Å². The summed E-state index contributed by atoms with van der Waals surface area (Å²) in [5, 5.41) is 0.833. The molecule has 0 aromatic carbocycles. The van der Waals surface area contributed by atoms with E-state index in [1.807, 2.05) is 13.0 Å². The second-order valence-corrected chi connectivity index (χ2v) is 3.03. The highest BCUT2D eigenvalue weighted by molar-refractivity contribution is 6.30. The molecule has 1 rings (SSSR count). The van der Waals surface area contributed by atoms with Gasteiger partial charge in [-0.2, -0.15) is 0 Å². The van der Waals surface area contributed by atoms with Gasteiger partial charge in [-0.1, -0.05) is 18.5 Å². The van der Waals surface area contributed by atoms with E-state index in [1.54, 1.807) is 0 Å². The molecule has 9 heavy (non-hydrogen) atoms. The molecule has 0 aromatic heterocycles. The van der Waals surface area contributed by atoms with Crippen molar-refractivity contribution < 1.29 is 4.74 Å². The van der Waals surface area contributed by atoms with Crippen LogP contribution in [0.4, 0.5) is 0 Å². The Bertz CT molecular complexity index is 142. The minimum atomic E-state index is -0.0862. The van der Waals surface area contributed by atoms with Crippen molar-refractivity contribution in [2.45, 2.75) is 25.9 Å². The summed E-state index contributed by atoms with van der Waals surface area (Å²) >= 11 is 5.71. The first kappa shape index (κ1) is 7.10. The van der Waals surface area contributed by atoms with Crippen molar-refractivity contribution in [3.63, 3.8) is 0 Å². The van der Waals surface area contributed by atoms with E-state index in [2.05, 4.69) is 6.92 Å². The topological polar surface area (TPSA) is 9.23 Å². The van der Waals surface area contributed by atoms with Crippen LogP contribution in [0.15, 0.2) is 11.1 Å². The van der Waals surface area contributed by atoms with Crippen molar-refractivity contribution in [2.75, 3.05) is 6.61 Å². The lowest BCUT2D eigenvalue weighted by Gasteiger charge is -2.17. The maximum absolute atomic E-state index is 5.71. The summed E-state index contributed by atoms with van der Waals surface area (Å²) in [6.07, 6.45) is 2.97. The van der Waals surface area contributed by atoms with Gasteiger partial charge in [-0.05, 0) is 19.4 Å². The first-order chi connectivity index (χ1) is 4.16. The van der Waals surface area contributed by atoms with Crippen molar-refractivity contribution in [3.05, 3.63) is 11.1 Å². The van der Waals surface area contributed by atoms with Gasteiger partial charge in [0.25, 0.3) is 0 Å². The van der Waals surface area contributed by atoms with Crippen LogP contribution in [-0.2, 0) is 4.74 Å². The molecule has 1 nitrogen and oxygen atoms in total. The van der Waals surface area contributed by atoms with Crippen LogP contribution in [0.5, 0.6) is 0 Å². The number of rotatable bonds is 1. The quantitative estimate of drug-likeness (QED) is 0.552. The minimum Gasteiger partial charge on any atom is -0.366 e. The van der Waals surface area contributed by atoms with Crippen molar-refractivity contribution >= 4 is 11.6 Å². The summed E-state index contributed by atoms with van der Waals surface area (Å²) in [6.45, 7) is 4.72. The van der Waals surface area contributed by atoms with Gasteiger partial charge in [-0.3, -0.25) is 0 Å². The predicted molar refractivity (Wildman–Crippen MR) is 38.6 cm³/mol. The molecule has 52 valence electrons. The van der Waals surface area contributed by atoms with Crippen LogP contribution >= 0.6 is 11.6 Å². The molecule has 0 aromatic rings. The molecule has 0 fully saturated rings. The largest absolute Gasteiger partial charge is 0.366 e. The summed E-state index contributed by atoms with van der Waals surface area (Å²) < 4.78 is 5.38. The molecule has 1 aliphatic heterocycles. The lowest BCUT2D eigenvalue weighted by atomic mass is 10.1. The lowest BCUT2D eigenvalue weighted by molar-refractivity contribution is 0.0381. The third-order valence-corrected chi connectivity index (χ3v) is 1.92. The summed E-state index contributed by atoms with van der Waals surface area (Å²) in [5.74, 6) is 0. The molecular weight excluding hydrogens is 136 g/mol. The maximum Gasteiger partial charge on any atom is 0.0851 e. The predicted octanol–water partition coefficient (Wildman–Crippen LogP) is 2.31. The molecular formula is C7H11ClO. The summed E-state index contributed by atoms with van der Waals surface area (Å²) in [7, 11) is 0. The molecule has 0 bridgehead atoms. The van der Waals surface area contributed by atoms with Crippen molar-refractivity contribution in [1.29, 1.82) is 0 Å². The van der Waals surface area contributed by atoms with Crippen LogP contribution in [0.25, 0.3) is 0 Å². The highest BCUT2D eigenvalue weighted by Gasteiger charge is 2.25. The summed E-state index contributed by atoms with van der Waals surface area (Å²) in [5.41, 5.74) is -0.0862. The molecule has 1 unspecified atom stereocenters. The Labute approximate surface area is 60.7 Å². The minimum absolute atomic E-state index is 0.0862.